The van der Waals surface area contributed by atoms with E-state index in [0.29, 0.717) is 5.88 Å². The van der Waals surface area contributed by atoms with E-state index in [1.165, 1.54) is 5.56 Å². The van der Waals surface area contributed by atoms with E-state index >= 15 is 0 Å². The fraction of sp³-hybridized carbons (Fsp3) is 0.182. The van der Waals surface area contributed by atoms with Gasteiger partial charge in [-0.1, -0.05) is 28.1 Å². The molecule has 1 aromatic carbocycles. The summed E-state index contributed by atoms with van der Waals surface area (Å²) in [6.45, 7) is 0. The predicted octanol–water partition coefficient (Wildman–Crippen LogP) is 4.24. The minimum Gasteiger partial charge on any atom is -0.245 e. The summed E-state index contributed by atoms with van der Waals surface area (Å²) in [6, 6.07) is 8.30. The zero-order valence-electron chi connectivity index (χ0n) is 7.91. The van der Waals surface area contributed by atoms with Gasteiger partial charge in [-0.3, -0.25) is 0 Å². The lowest BCUT2D eigenvalue weighted by molar-refractivity contribution is 1.09. The van der Waals surface area contributed by atoms with Crippen LogP contribution in [-0.2, 0) is 12.3 Å². The normalized spacial score (nSPS) is 10.5. The highest BCUT2D eigenvalue weighted by molar-refractivity contribution is 9.10. The fourth-order valence-electron chi connectivity index (χ4n) is 1.27. The van der Waals surface area contributed by atoms with Crippen molar-refractivity contribution in [3.05, 3.63) is 50.4 Å². The van der Waals surface area contributed by atoms with Crippen LogP contribution in [0.4, 0.5) is 0 Å². The first-order valence-electron chi connectivity index (χ1n) is 4.51. The number of rotatable bonds is 3. The summed E-state index contributed by atoms with van der Waals surface area (Å²) < 4.78 is 1.10. The van der Waals surface area contributed by atoms with Crippen LogP contribution in [0.2, 0.25) is 0 Å². The molecule has 0 saturated carbocycles. The topological polar surface area (TPSA) is 12.9 Å². The summed E-state index contributed by atoms with van der Waals surface area (Å²) in [5, 5.41) is 3.13. The lowest BCUT2D eigenvalue weighted by Crippen LogP contribution is -1.87. The van der Waals surface area contributed by atoms with E-state index in [4.69, 9.17) is 11.6 Å². The Bertz CT molecular complexity index is 438. The van der Waals surface area contributed by atoms with Crippen LogP contribution in [0, 0.1) is 0 Å². The molecular formula is C11H9BrClNS. The molecule has 15 heavy (non-hydrogen) atoms. The number of benzene rings is 1. The molecule has 78 valence electrons. The highest BCUT2D eigenvalue weighted by Gasteiger charge is 2.02. The van der Waals surface area contributed by atoms with E-state index in [1.807, 2.05) is 17.5 Å². The van der Waals surface area contributed by atoms with Crippen LogP contribution in [0.3, 0.4) is 0 Å². The average Bonchev–Trinajstić information content (AvgIpc) is 2.69. The Labute approximate surface area is 106 Å². The summed E-state index contributed by atoms with van der Waals surface area (Å²) >= 11 is 10.8. The van der Waals surface area contributed by atoms with E-state index in [9.17, 15) is 0 Å². The van der Waals surface area contributed by atoms with Crippen molar-refractivity contribution in [2.75, 3.05) is 0 Å². The van der Waals surface area contributed by atoms with E-state index in [1.54, 1.807) is 11.3 Å². The second-order valence-electron chi connectivity index (χ2n) is 3.17. The number of halogens is 2. The van der Waals surface area contributed by atoms with Gasteiger partial charge in [0.15, 0.2) is 0 Å². The Morgan fingerprint density at radius 1 is 1.27 bits per heavy atom. The Morgan fingerprint density at radius 2 is 2.00 bits per heavy atom. The van der Waals surface area contributed by atoms with Crippen molar-refractivity contribution in [2.24, 2.45) is 0 Å². The van der Waals surface area contributed by atoms with Gasteiger partial charge >= 0.3 is 0 Å². The molecule has 1 aromatic heterocycles. The molecule has 1 heterocycles. The molecule has 0 bridgehead atoms. The monoisotopic (exact) mass is 301 g/mol. The van der Waals surface area contributed by atoms with E-state index in [2.05, 4.69) is 33.0 Å². The van der Waals surface area contributed by atoms with Crippen LogP contribution in [0.1, 0.15) is 16.3 Å². The number of nitrogens with zero attached hydrogens (tertiary/aromatic N) is 1. The molecule has 0 N–H and O–H groups in total. The molecule has 2 aromatic rings. The molecule has 0 aliphatic heterocycles. The SMILES string of the molecule is ClCc1csc(Cc2ccc(Br)cc2)n1. The van der Waals surface area contributed by atoms with Crippen LogP contribution < -0.4 is 0 Å². The Morgan fingerprint density at radius 3 is 2.60 bits per heavy atom. The summed E-state index contributed by atoms with van der Waals surface area (Å²) in [6.07, 6.45) is 0.884. The number of hydrogen-bond donors (Lipinski definition) is 0. The molecule has 0 aliphatic rings. The van der Waals surface area contributed by atoms with Crippen LogP contribution >= 0.6 is 38.9 Å². The minimum absolute atomic E-state index is 0.497. The Hall–Kier alpha value is -0.380. The average molecular weight is 303 g/mol. The standard InChI is InChI=1S/C11H9BrClNS/c12-9-3-1-8(2-4-9)5-11-14-10(6-13)7-15-11/h1-4,7H,5-6H2. The summed E-state index contributed by atoms with van der Waals surface area (Å²) in [7, 11) is 0. The molecule has 0 radical (unpaired) electrons. The van der Waals surface area contributed by atoms with Crippen molar-refractivity contribution in [3.8, 4) is 0 Å². The summed E-state index contributed by atoms with van der Waals surface area (Å²) in [5.74, 6) is 0.497. The van der Waals surface area contributed by atoms with Crippen molar-refractivity contribution < 1.29 is 0 Å². The molecule has 2 rings (SSSR count). The number of hydrogen-bond acceptors (Lipinski definition) is 2. The number of alkyl halides is 1. The smallest absolute Gasteiger partial charge is 0.0972 e. The highest BCUT2D eigenvalue weighted by Crippen LogP contribution is 2.17. The molecule has 1 nitrogen and oxygen atoms in total. The molecule has 0 atom stereocenters. The quantitative estimate of drug-likeness (QED) is 0.773. The zero-order chi connectivity index (χ0) is 10.7. The maximum atomic E-state index is 5.70. The Kier molecular flexibility index (Phi) is 3.78. The third kappa shape index (κ3) is 3.03. The second kappa shape index (κ2) is 5.10. The van der Waals surface area contributed by atoms with Crippen molar-refractivity contribution in [1.29, 1.82) is 0 Å². The lowest BCUT2D eigenvalue weighted by Gasteiger charge is -1.97. The first-order chi connectivity index (χ1) is 7.28. The second-order valence-corrected chi connectivity index (χ2v) is 5.30. The van der Waals surface area contributed by atoms with Gasteiger partial charge in [-0.15, -0.1) is 22.9 Å². The van der Waals surface area contributed by atoms with Crippen LogP contribution in [-0.4, -0.2) is 4.98 Å². The highest BCUT2D eigenvalue weighted by atomic mass is 79.9. The summed E-state index contributed by atoms with van der Waals surface area (Å²) in [4.78, 5) is 4.42. The lowest BCUT2D eigenvalue weighted by atomic mass is 10.2. The fourth-order valence-corrected chi connectivity index (χ4v) is 2.59. The first-order valence-corrected chi connectivity index (χ1v) is 6.72. The number of aromatic nitrogens is 1. The molecule has 0 spiro atoms. The molecule has 4 heteroatoms. The third-order valence-electron chi connectivity index (χ3n) is 2.00. The summed E-state index contributed by atoms with van der Waals surface area (Å²) in [5.41, 5.74) is 2.24. The Balaban J connectivity index is 2.11. The number of thiazole rings is 1. The van der Waals surface area contributed by atoms with Crippen LogP contribution in [0.15, 0.2) is 34.1 Å². The van der Waals surface area contributed by atoms with Gasteiger partial charge in [0.1, 0.15) is 0 Å². The maximum absolute atomic E-state index is 5.70. The van der Waals surface area contributed by atoms with Gasteiger partial charge in [-0.25, -0.2) is 4.98 Å². The van der Waals surface area contributed by atoms with Crippen LogP contribution in [0.5, 0.6) is 0 Å². The molecule has 0 aliphatic carbocycles. The third-order valence-corrected chi connectivity index (χ3v) is 3.70. The maximum Gasteiger partial charge on any atom is 0.0972 e. The largest absolute Gasteiger partial charge is 0.245 e. The molecule has 0 amide bonds. The molecular weight excluding hydrogens is 294 g/mol. The van der Waals surface area contributed by atoms with Gasteiger partial charge < -0.3 is 0 Å². The zero-order valence-corrected chi connectivity index (χ0v) is 11.1. The predicted molar refractivity (Wildman–Crippen MR) is 68.6 cm³/mol. The minimum atomic E-state index is 0.497. The molecule has 0 unspecified atom stereocenters. The van der Waals surface area contributed by atoms with Gasteiger partial charge in [0.2, 0.25) is 0 Å². The van der Waals surface area contributed by atoms with Gasteiger partial charge in [-0.05, 0) is 17.7 Å². The first kappa shape index (κ1) is 11.1. The van der Waals surface area contributed by atoms with Gasteiger partial charge in [0, 0.05) is 16.3 Å². The van der Waals surface area contributed by atoms with Gasteiger partial charge in [0.25, 0.3) is 0 Å². The van der Waals surface area contributed by atoms with Crippen molar-refractivity contribution in [3.63, 3.8) is 0 Å². The van der Waals surface area contributed by atoms with Crippen LogP contribution in [0.25, 0.3) is 0 Å². The van der Waals surface area contributed by atoms with E-state index < -0.39 is 0 Å². The van der Waals surface area contributed by atoms with E-state index in [0.717, 1.165) is 21.6 Å². The van der Waals surface area contributed by atoms with E-state index in [-0.39, 0.29) is 0 Å². The van der Waals surface area contributed by atoms with Gasteiger partial charge in [0.05, 0.1) is 16.6 Å². The molecule has 0 fully saturated rings. The van der Waals surface area contributed by atoms with Crippen molar-refractivity contribution in [2.45, 2.75) is 12.3 Å². The van der Waals surface area contributed by atoms with Crippen molar-refractivity contribution >= 4 is 38.9 Å². The van der Waals surface area contributed by atoms with Crippen molar-refractivity contribution in [1.82, 2.24) is 4.98 Å². The van der Waals surface area contributed by atoms with Gasteiger partial charge in [-0.2, -0.15) is 0 Å². The molecule has 0 saturated heterocycles.